The Morgan fingerprint density at radius 2 is 1.78 bits per heavy atom. The molecule has 0 atom stereocenters. The van der Waals surface area contributed by atoms with Gasteiger partial charge in [-0.3, -0.25) is 4.79 Å². The third-order valence-corrected chi connectivity index (χ3v) is 5.50. The zero-order valence-corrected chi connectivity index (χ0v) is 16.6. The Kier molecular flexibility index (Phi) is 6.51. The average molecular weight is 367 g/mol. The van der Waals surface area contributed by atoms with Crippen molar-refractivity contribution in [3.8, 4) is 0 Å². The van der Waals surface area contributed by atoms with Crippen LogP contribution in [0.15, 0.2) is 42.5 Å². The summed E-state index contributed by atoms with van der Waals surface area (Å²) in [5.41, 5.74) is 5.84. The summed E-state index contributed by atoms with van der Waals surface area (Å²) >= 11 is 0. The lowest BCUT2D eigenvalue weighted by Gasteiger charge is -2.33. The van der Waals surface area contributed by atoms with Crippen molar-refractivity contribution in [1.82, 2.24) is 0 Å². The molecule has 4 heteroatoms. The Morgan fingerprint density at radius 1 is 1.07 bits per heavy atom. The second-order valence-corrected chi connectivity index (χ2v) is 7.44. The molecule has 0 spiro atoms. The molecular formula is C23H30N2O2. The van der Waals surface area contributed by atoms with Crippen molar-refractivity contribution in [3.05, 3.63) is 59.2 Å². The van der Waals surface area contributed by atoms with Crippen molar-refractivity contribution in [2.75, 3.05) is 30.4 Å². The van der Waals surface area contributed by atoms with Crippen molar-refractivity contribution in [1.29, 1.82) is 0 Å². The molecule has 3 rings (SSSR count). The van der Waals surface area contributed by atoms with Crippen LogP contribution >= 0.6 is 0 Å². The molecule has 144 valence electrons. The molecule has 27 heavy (non-hydrogen) atoms. The molecule has 2 aromatic carbocycles. The van der Waals surface area contributed by atoms with Gasteiger partial charge in [0.05, 0.1) is 6.10 Å². The summed E-state index contributed by atoms with van der Waals surface area (Å²) in [7, 11) is 1.79. The minimum Gasteiger partial charge on any atom is -0.381 e. The Morgan fingerprint density at radius 3 is 2.41 bits per heavy atom. The van der Waals surface area contributed by atoms with E-state index >= 15 is 0 Å². The highest BCUT2D eigenvalue weighted by Crippen LogP contribution is 2.23. The van der Waals surface area contributed by atoms with E-state index < -0.39 is 0 Å². The summed E-state index contributed by atoms with van der Waals surface area (Å²) in [4.78, 5) is 14.6. The van der Waals surface area contributed by atoms with E-state index in [1.165, 1.54) is 22.4 Å². The van der Waals surface area contributed by atoms with E-state index in [1.54, 1.807) is 7.11 Å². The number of nitrogens with one attached hydrogen (secondary N) is 1. The Balaban J connectivity index is 1.49. The van der Waals surface area contributed by atoms with Gasteiger partial charge in [0.15, 0.2) is 0 Å². The highest BCUT2D eigenvalue weighted by Gasteiger charge is 2.18. The maximum absolute atomic E-state index is 12.3. The number of anilines is 2. The molecule has 1 amide bonds. The topological polar surface area (TPSA) is 41.6 Å². The van der Waals surface area contributed by atoms with E-state index in [0.29, 0.717) is 12.5 Å². The van der Waals surface area contributed by atoms with Crippen molar-refractivity contribution in [2.45, 2.75) is 45.6 Å². The smallest absolute Gasteiger partial charge is 0.224 e. The summed E-state index contributed by atoms with van der Waals surface area (Å²) < 4.78 is 5.43. The monoisotopic (exact) mass is 366 g/mol. The van der Waals surface area contributed by atoms with Crippen LogP contribution in [0.3, 0.4) is 0 Å². The van der Waals surface area contributed by atoms with Crippen LogP contribution in [0.1, 0.15) is 36.0 Å². The van der Waals surface area contributed by atoms with Crippen LogP contribution < -0.4 is 10.2 Å². The lowest BCUT2D eigenvalue weighted by molar-refractivity contribution is -0.116. The average Bonchev–Trinajstić information content (AvgIpc) is 2.69. The van der Waals surface area contributed by atoms with Gasteiger partial charge < -0.3 is 15.0 Å². The van der Waals surface area contributed by atoms with Crippen molar-refractivity contribution < 1.29 is 9.53 Å². The maximum atomic E-state index is 12.3. The molecule has 0 bridgehead atoms. The maximum Gasteiger partial charge on any atom is 0.224 e. The van der Waals surface area contributed by atoms with Crippen LogP contribution in [0.4, 0.5) is 11.4 Å². The van der Waals surface area contributed by atoms with Crippen LogP contribution in [-0.4, -0.2) is 32.2 Å². The second-order valence-electron chi connectivity index (χ2n) is 7.44. The van der Waals surface area contributed by atoms with Crippen molar-refractivity contribution >= 4 is 17.3 Å². The van der Waals surface area contributed by atoms with E-state index in [9.17, 15) is 4.79 Å². The predicted octanol–water partition coefficient (Wildman–Crippen LogP) is 4.49. The van der Waals surface area contributed by atoms with Gasteiger partial charge in [-0.15, -0.1) is 0 Å². The fourth-order valence-corrected chi connectivity index (χ4v) is 3.55. The largest absolute Gasteiger partial charge is 0.381 e. The Hall–Kier alpha value is -2.33. The first-order chi connectivity index (χ1) is 13.0. The van der Waals surface area contributed by atoms with Gasteiger partial charge in [-0.2, -0.15) is 0 Å². The SMILES string of the molecule is COC1CCN(c2ccc(NC(=O)CCc3ccc(C)c(C)c3)cc2)CC1. The van der Waals surface area contributed by atoms with Crippen LogP contribution in [0.5, 0.6) is 0 Å². The molecule has 4 nitrogen and oxygen atoms in total. The van der Waals surface area contributed by atoms with Crippen LogP contribution in [0, 0.1) is 13.8 Å². The minimum absolute atomic E-state index is 0.0573. The minimum atomic E-state index is 0.0573. The number of hydrogen-bond donors (Lipinski definition) is 1. The van der Waals surface area contributed by atoms with Crippen LogP contribution in [0.25, 0.3) is 0 Å². The lowest BCUT2D eigenvalue weighted by Crippen LogP contribution is -2.36. The summed E-state index contributed by atoms with van der Waals surface area (Å²) in [5.74, 6) is 0.0573. The number of benzene rings is 2. The first-order valence-electron chi connectivity index (χ1n) is 9.79. The van der Waals surface area contributed by atoms with Gasteiger partial charge in [-0.1, -0.05) is 18.2 Å². The van der Waals surface area contributed by atoms with Gasteiger partial charge in [0.25, 0.3) is 0 Å². The number of ether oxygens (including phenoxy) is 1. The van der Waals surface area contributed by atoms with E-state index in [-0.39, 0.29) is 5.91 Å². The molecule has 1 saturated heterocycles. The molecule has 1 heterocycles. The molecule has 0 saturated carbocycles. The first kappa shape index (κ1) is 19.4. The molecule has 1 aliphatic rings. The molecule has 2 aromatic rings. The van der Waals surface area contributed by atoms with Gasteiger partial charge in [-0.25, -0.2) is 0 Å². The number of rotatable bonds is 6. The number of piperidine rings is 1. The Bertz CT molecular complexity index is 762. The number of methoxy groups -OCH3 is 1. The van der Waals surface area contributed by atoms with Crippen molar-refractivity contribution in [3.63, 3.8) is 0 Å². The number of aryl methyl sites for hydroxylation is 3. The number of carbonyl (C=O) groups excluding carboxylic acids is 1. The van der Waals surface area contributed by atoms with Gasteiger partial charge in [-0.05, 0) is 74.1 Å². The van der Waals surface area contributed by atoms with Crippen LogP contribution in [-0.2, 0) is 16.0 Å². The molecule has 1 fully saturated rings. The van der Waals surface area contributed by atoms with Gasteiger partial charge in [0.1, 0.15) is 0 Å². The fraction of sp³-hybridized carbons (Fsp3) is 0.435. The van der Waals surface area contributed by atoms with Gasteiger partial charge in [0, 0.05) is 38.0 Å². The molecule has 0 aliphatic carbocycles. The Labute approximate surface area is 162 Å². The summed E-state index contributed by atoms with van der Waals surface area (Å²) in [6.45, 7) is 6.24. The van der Waals surface area contributed by atoms with Crippen LogP contribution in [0.2, 0.25) is 0 Å². The fourth-order valence-electron chi connectivity index (χ4n) is 3.55. The standard InChI is InChI=1S/C23H30N2O2/c1-17-4-5-19(16-18(17)2)6-11-23(26)24-20-7-9-21(10-8-20)25-14-12-22(27-3)13-15-25/h4-5,7-10,16,22H,6,11-15H2,1-3H3,(H,24,26). The second kappa shape index (κ2) is 9.05. The van der Waals surface area contributed by atoms with E-state index in [4.69, 9.17) is 4.74 Å². The lowest BCUT2D eigenvalue weighted by atomic mass is 10.0. The highest BCUT2D eigenvalue weighted by molar-refractivity contribution is 5.91. The molecule has 0 aromatic heterocycles. The van der Waals surface area contributed by atoms with E-state index in [1.807, 2.05) is 12.1 Å². The summed E-state index contributed by atoms with van der Waals surface area (Å²) in [6, 6.07) is 14.6. The predicted molar refractivity (Wildman–Crippen MR) is 112 cm³/mol. The van der Waals surface area contributed by atoms with E-state index in [0.717, 1.165) is 38.0 Å². The number of hydrogen-bond acceptors (Lipinski definition) is 3. The summed E-state index contributed by atoms with van der Waals surface area (Å²) in [5, 5.41) is 3.01. The van der Waals surface area contributed by atoms with Gasteiger partial charge in [0.2, 0.25) is 5.91 Å². The highest BCUT2D eigenvalue weighted by atomic mass is 16.5. The molecule has 1 N–H and O–H groups in total. The zero-order valence-electron chi connectivity index (χ0n) is 16.6. The molecule has 0 radical (unpaired) electrons. The third-order valence-electron chi connectivity index (χ3n) is 5.50. The molecular weight excluding hydrogens is 336 g/mol. The first-order valence-corrected chi connectivity index (χ1v) is 9.79. The number of amides is 1. The quantitative estimate of drug-likeness (QED) is 0.819. The summed E-state index contributed by atoms with van der Waals surface area (Å²) in [6.07, 6.45) is 3.77. The van der Waals surface area contributed by atoms with Crippen molar-refractivity contribution in [2.24, 2.45) is 0 Å². The normalized spacial score (nSPS) is 15.0. The van der Waals surface area contributed by atoms with Gasteiger partial charge >= 0.3 is 0 Å². The number of carbonyl (C=O) groups is 1. The molecule has 0 unspecified atom stereocenters. The molecule has 1 aliphatic heterocycles. The zero-order chi connectivity index (χ0) is 19.2. The number of nitrogens with zero attached hydrogens (tertiary/aromatic N) is 1. The third kappa shape index (κ3) is 5.33. The van der Waals surface area contributed by atoms with E-state index in [2.05, 4.69) is 54.4 Å².